The van der Waals surface area contributed by atoms with Crippen LogP contribution in [0.25, 0.3) is 0 Å². The molecular formula is C17H34O3. The normalized spacial score (nSPS) is 23.7. The van der Waals surface area contributed by atoms with Crippen LogP contribution >= 0.6 is 0 Å². The molecule has 1 saturated carbocycles. The van der Waals surface area contributed by atoms with Crippen molar-refractivity contribution >= 4 is 0 Å². The summed E-state index contributed by atoms with van der Waals surface area (Å²) in [5.74, 6) is 0.799. The summed E-state index contributed by atoms with van der Waals surface area (Å²) in [7, 11) is 0. The standard InChI is InChI=1S/C17H34O3/c1-16(2,3)19-10-7-9-18-11-8-14-12-15(13-14)20-17(4,5)6/h14-15H,7-13H2,1-6H3. The summed E-state index contributed by atoms with van der Waals surface area (Å²) in [6, 6.07) is 0. The Kier molecular flexibility index (Phi) is 6.96. The van der Waals surface area contributed by atoms with Gasteiger partial charge in [0, 0.05) is 19.8 Å². The molecule has 0 aliphatic heterocycles. The first-order chi connectivity index (χ1) is 9.16. The van der Waals surface area contributed by atoms with Crippen LogP contribution in [0.3, 0.4) is 0 Å². The highest BCUT2D eigenvalue weighted by molar-refractivity contribution is 4.82. The third kappa shape index (κ3) is 8.93. The molecule has 0 unspecified atom stereocenters. The fourth-order valence-electron chi connectivity index (χ4n) is 2.40. The molecule has 3 nitrogen and oxygen atoms in total. The average Bonchev–Trinajstić information content (AvgIpc) is 2.20. The monoisotopic (exact) mass is 286 g/mol. The molecule has 0 bridgehead atoms. The van der Waals surface area contributed by atoms with Crippen molar-refractivity contribution in [3.05, 3.63) is 0 Å². The highest BCUT2D eigenvalue weighted by atomic mass is 16.5. The highest BCUT2D eigenvalue weighted by Crippen LogP contribution is 2.35. The van der Waals surface area contributed by atoms with E-state index in [4.69, 9.17) is 14.2 Å². The van der Waals surface area contributed by atoms with Gasteiger partial charge < -0.3 is 14.2 Å². The van der Waals surface area contributed by atoms with Crippen LogP contribution in [0, 0.1) is 5.92 Å². The van der Waals surface area contributed by atoms with E-state index in [0.717, 1.165) is 32.2 Å². The summed E-state index contributed by atoms with van der Waals surface area (Å²) in [5.41, 5.74) is -0.0345. The molecule has 0 saturated heterocycles. The third-order valence-electron chi connectivity index (χ3n) is 3.35. The molecule has 3 heteroatoms. The van der Waals surface area contributed by atoms with Crippen molar-refractivity contribution in [3.63, 3.8) is 0 Å². The van der Waals surface area contributed by atoms with E-state index >= 15 is 0 Å². The molecule has 1 rings (SSSR count). The van der Waals surface area contributed by atoms with Crippen molar-refractivity contribution in [2.75, 3.05) is 19.8 Å². The van der Waals surface area contributed by atoms with Gasteiger partial charge in [-0.2, -0.15) is 0 Å². The SMILES string of the molecule is CC(C)(C)OCCCOCCC1CC(OC(C)(C)C)C1. The molecule has 0 amide bonds. The molecule has 20 heavy (non-hydrogen) atoms. The Morgan fingerprint density at radius 3 is 2.05 bits per heavy atom. The van der Waals surface area contributed by atoms with Crippen molar-refractivity contribution in [1.82, 2.24) is 0 Å². The van der Waals surface area contributed by atoms with Crippen molar-refractivity contribution in [1.29, 1.82) is 0 Å². The molecule has 1 aliphatic carbocycles. The van der Waals surface area contributed by atoms with Crippen molar-refractivity contribution in [2.45, 2.75) is 84.5 Å². The Morgan fingerprint density at radius 2 is 1.50 bits per heavy atom. The molecular weight excluding hydrogens is 252 g/mol. The van der Waals surface area contributed by atoms with Crippen LogP contribution in [0.5, 0.6) is 0 Å². The molecule has 1 fully saturated rings. The minimum absolute atomic E-state index is 0.000802. The zero-order valence-corrected chi connectivity index (χ0v) is 14.3. The molecule has 1 aliphatic rings. The summed E-state index contributed by atoms with van der Waals surface area (Å²) >= 11 is 0. The fourth-order valence-corrected chi connectivity index (χ4v) is 2.40. The maximum atomic E-state index is 5.94. The minimum Gasteiger partial charge on any atom is -0.381 e. The van der Waals surface area contributed by atoms with Crippen LogP contribution in [0.2, 0.25) is 0 Å². The average molecular weight is 286 g/mol. The van der Waals surface area contributed by atoms with Crippen LogP contribution in [0.4, 0.5) is 0 Å². The number of ether oxygens (including phenoxy) is 3. The van der Waals surface area contributed by atoms with Crippen molar-refractivity contribution in [3.8, 4) is 0 Å². The molecule has 0 N–H and O–H groups in total. The van der Waals surface area contributed by atoms with Gasteiger partial charge in [0.2, 0.25) is 0 Å². The zero-order valence-electron chi connectivity index (χ0n) is 14.3. The maximum Gasteiger partial charge on any atom is 0.0602 e. The summed E-state index contributed by atoms with van der Waals surface area (Å²) in [6.45, 7) is 15.1. The third-order valence-corrected chi connectivity index (χ3v) is 3.35. The summed E-state index contributed by atoms with van der Waals surface area (Å²) in [4.78, 5) is 0. The molecule has 0 aromatic carbocycles. The van der Waals surface area contributed by atoms with Gasteiger partial charge in [0.25, 0.3) is 0 Å². The second kappa shape index (κ2) is 7.77. The zero-order chi connectivity index (χ0) is 15.2. The molecule has 0 aromatic heterocycles. The summed E-state index contributed by atoms with van der Waals surface area (Å²) in [6.07, 6.45) is 5.03. The number of hydrogen-bond acceptors (Lipinski definition) is 3. The van der Waals surface area contributed by atoms with Crippen molar-refractivity contribution < 1.29 is 14.2 Å². The predicted molar refractivity (Wildman–Crippen MR) is 83.1 cm³/mol. The highest BCUT2D eigenvalue weighted by Gasteiger charge is 2.32. The number of hydrogen-bond donors (Lipinski definition) is 0. The Balaban J connectivity index is 1.87. The molecule has 0 aromatic rings. The summed E-state index contributed by atoms with van der Waals surface area (Å²) < 4.78 is 17.3. The Bertz CT molecular complexity index is 256. The fraction of sp³-hybridized carbons (Fsp3) is 1.00. The second-order valence-corrected chi connectivity index (χ2v) is 7.91. The molecule has 120 valence electrons. The van der Waals surface area contributed by atoms with Gasteiger partial charge >= 0.3 is 0 Å². The van der Waals surface area contributed by atoms with E-state index in [0.29, 0.717) is 6.10 Å². The lowest BCUT2D eigenvalue weighted by Gasteiger charge is -2.39. The first kappa shape index (κ1) is 17.9. The largest absolute Gasteiger partial charge is 0.381 e. The van der Waals surface area contributed by atoms with Crippen LogP contribution < -0.4 is 0 Å². The van der Waals surface area contributed by atoms with E-state index in [1.54, 1.807) is 0 Å². The van der Waals surface area contributed by atoms with E-state index < -0.39 is 0 Å². The first-order valence-corrected chi connectivity index (χ1v) is 8.05. The maximum absolute atomic E-state index is 5.94. The Labute approximate surface area is 125 Å². The van der Waals surface area contributed by atoms with Crippen LogP contribution in [-0.4, -0.2) is 37.1 Å². The summed E-state index contributed by atoms with van der Waals surface area (Å²) in [5, 5.41) is 0. The van der Waals surface area contributed by atoms with Gasteiger partial charge in [-0.25, -0.2) is 0 Å². The van der Waals surface area contributed by atoms with Crippen LogP contribution in [-0.2, 0) is 14.2 Å². The van der Waals surface area contributed by atoms with Gasteiger partial charge in [0.05, 0.1) is 17.3 Å². The molecule has 0 atom stereocenters. The van der Waals surface area contributed by atoms with Gasteiger partial charge in [-0.15, -0.1) is 0 Å². The first-order valence-electron chi connectivity index (χ1n) is 8.05. The lowest BCUT2D eigenvalue weighted by molar-refractivity contribution is -0.115. The van der Waals surface area contributed by atoms with Crippen molar-refractivity contribution in [2.24, 2.45) is 5.92 Å². The lowest BCUT2D eigenvalue weighted by Crippen LogP contribution is -2.37. The Morgan fingerprint density at radius 1 is 0.850 bits per heavy atom. The van der Waals surface area contributed by atoms with Gasteiger partial charge in [-0.05, 0) is 73.1 Å². The van der Waals surface area contributed by atoms with Crippen LogP contribution in [0.1, 0.15) is 67.2 Å². The molecule has 0 radical (unpaired) electrons. The van der Waals surface area contributed by atoms with Gasteiger partial charge in [0.1, 0.15) is 0 Å². The topological polar surface area (TPSA) is 27.7 Å². The van der Waals surface area contributed by atoms with Gasteiger partial charge in [-0.1, -0.05) is 0 Å². The molecule has 0 spiro atoms. The van der Waals surface area contributed by atoms with Crippen LogP contribution in [0.15, 0.2) is 0 Å². The quantitative estimate of drug-likeness (QED) is 0.626. The van der Waals surface area contributed by atoms with E-state index in [9.17, 15) is 0 Å². The van der Waals surface area contributed by atoms with E-state index in [1.807, 2.05) is 0 Å². The Hall–Kier alpha value is -0.120. The number of rotatable bonds is 8. The second-order valence-electron chi connectivity index (χ2n) is 7.91. The van der Waals surface area contributed by atoms with Gasteiger partial charge in [-0.3, -0.25) is 0 Å². The molecule has 0 heterocycles. The smallest absolute Gasteiger partial charge is 0.0602 e. The predicted octanol–water partition coefficient (Wildman–Crippen LogP) is 4.19. The van der Waals surface area contributed by atoms with E-state index in [2.05, 4.69) is 41.5 Å². The minimum atomic E-state index is -0.0337. The van der Waals surface area contributed by atoms with E-state index in [1.165, 1.54) is 19.3 Å². The lowest BCUT2D eigenvalue weighted by atomic mass is 9.80. The van der Waals surface area contributed by atoms with Gasteiger partial charge in [0.15, 0.2) is 0 Å². The van der Waals surface area contributed by atoms with E-state index in [-0.39, 0.29) is 11.2 Å².